The first-order valence-electron chi connectivity index (χ1n) is 5.73. The lowest BCUT2D eigenvalue weighted by atomic mass is 10.1. The molecule has 0 radical (unpaired) electrons. The van der Waals surface area contributed by atoms with Gasteiger partial charge in [-0.25, -0.2) is 10.2 Å². The van der Waals surface area contributed by atoms with Crippen LogP contribution in [-0.4, -0.2) is 28.2 Å². The molecule has 20 heavy (non-hydrogen) atoms. The van der Waals surface area contributed by atoms with Gasteiger partial charge in [-0.1, -0.05) is 12.1 Å². The van der Waals surface area contributed by atoms with Gasteiger partial charge in [0.2, 0.25) is 0 Å². The van der Waals surface area contributed by atoms with Gasteiger partial charge in [-0.15, -0.1) is 0 Å². The molecule has 0 bridgehead atoms. The second kappa shape index (κ2) is 6.24. The first-order valence-corrected chi connectivity index (χ1v) is 5.73. The minimum Gasteiger partial charge on any atom is -0.478 e. The molecule has 6 nitrogen and oxygen atoms in total. The molecule has 100 valence electrons. The van der Waals surface area contributed by atoms with Crippen LogP contribution in [0.1, 0.15) is 26.3 Å². The molecule has 1 aromatic carbocycles. The molecule has 1 aromatic heterocycles. The van der Waals surface area contributed by atoms with Gasteiger partial charge < -0.3 is 5.11 Å². The molecular formula is C14H11N3O3. The van der Waals surface area contributed by atoms with Crippen molar-refractivity contribution < 1.29 is 14.7 Å². The summed E-state index contributed by atoms with van der Waals surface area (Å²) in [4.78, 5) is 26.1. The quantitative estimate of drug-likeness (QED) is 0.650. The van der Waals surface area contributed by atoms with Crippen LogP contribution in [0.2, 0.25) is 0 Å². The molecule has 0 fully saturated rings. The number of rotatable bonds is 4. The predicted octanol–water partition coefficient (Wildman–Crippen LogP) is 1.54. The van der Waals surface area contributed by atoms with Crippen LogP contribution in [-0.2, 0) is 0 Å². The highest BCUT2D eigenvalue weighted by atomic mass is 16.4. The fourth-order valence-corrected chi connectivity index (χ4v) is 1.44. The maximum atomic E-state index is 11.6. The van der Waals surface area contributed by atoms with Gasteiger partial charge in [0.1, 0.15) is 0 Å². The Bertz CT molecular complexity index is 636. The fraction of sp³-hybridized carbons (Fsp3) is 0. The van der Waals surface area contributed by atoms with Crippen molar-refractivity contribution in [1.82, 2.24) is 10.4 Å². The van der Waals surface area contributed by atoms with E-state index < -0.39 is 5.97 Å². The molecule has 1 amide bonds. The maximum Gasteiger partial charge on any atom is 0.335 e. The van der Waals surface area contributed by atoms with E-state index in [9.17, 15) is 9.59 Å². The van der Waals surface area contributed by atoms with Gasteiger partial charge in [0, 0.05) is 12.4 Å². The standard InChI is InChI=1S/C14H11N3O3/c18-13(12-2-1-7-15-9-12)17-16-8-10-3-5-11(6-4-10)14(19)20/h1-9H,(H,17,18)(H,19,20)/b16-8-. The van der Waals surface area contributed by atoms with E-state index in [-0.39, 0.29) is 11.5 Å². The largest absolute Gasteiger partial charge is 0.478 e. The van der Waals surface area contributed by atoms with E-state index in [4.69, 9.17) is 5.11 Å². The van der Waals surface area contributed by atoms with Gasteiger partial charge in [-0.2, -0.15) is 5.10 Å². The predicted molar refractivity (Wildman–Crippen MR) is 72.7 cm³/mol. The van der Waals surface area contributed by atoms with Gasteiger partial charge in [0.15, 0.2) is 0 Å². The summed E-state index contributed by atoms with van der Waals surface area (Å²) in [6, 6.07) is 9.41. The Morgan fingerprint density at radius 2 is 1.90 bits per heavy atom. The number of nitrogens with zero attached hydrogens (tertiary/aromatic N) is 2. The highest BCUT2D eigenvalue weighted by Gasteiger charge is 2.03. The van der Waals surface area contributed by atoms with E-state index in [0.717, 1.165) is 0 Å². The van der Waals surface area contributed by atoms with E-state index in [1.54, 1.807) is 30.5 Å². The SMILES string of the molecule is O=C(O)c1ccc(/C=N\NC(=O)c2cccnc2)cc1. The second-order valence-electron chi connectivity index (χ2n) is 3.87. The lowest BCUT2D eigenvalue weighted by Crippen LogP contribution is -2.17. The van der Waals surface area contributed by atoms with Crippen molar-refractivity contribution in [1.29, 1.82) is 0 Å². The Morgan fingerprint density at radius 3 is 2.50 bits per heavy atom. The summed E-state index contributed by atoms with van der Waals surface area (Å²) in [5.41, 5.74) is 3.65. The zero-order valence-electron chi connectivity index (χ0n) is 10.4. The number of carboxylic acid groups (broad SMARTS) is 1. The lowest BCUT2D eigenvalue weighted by Gasteiger charge is -1.98. The molecule has 0 aliphatic heterocycles. The third-order valence-corrected chi connectivity index (χ3v) is 2.46. The minimum atomic E-state index is -0.988. The van der Waals surface area contributed by atoms with Crippen LogP contribution in [0.15, 0.2) is 53.9 Å². The summed E-state index contributed by atoms with van der Waals surface area (Å²) < 4.78 is 0. The molecule has 6 heteroatoms. The van der Waals surface area contributed by atoms with Crippen molar-refractivity contribution >= 4 is 18.1 Å². The zero-order chi connectivity index (χ0) is 14.4. The smallest absolute Gasteiger partial charge is 0.335 e. The van der Waals surface area contributed by atoms with E-state index in [2.05, 4.69) is 15.5 Å². The number of carbonyl (C=O) groups is 2. The summed E-state index contributed by atoms with van der Waals surface area (Å²) in [6.07, 6.45) is 4.44. The highest BCUT2D eigenvalue weighted by Crippen LogP contribution is 2.02. The molecule has 2 N–H and O–H groups in total. The Morgan fingerprint density at radius 1 is 1.15 bits per heavy atom. The van der Waals surface area contributed by atoms with Gasteiger partial charge in [-0.3, -0.25) is 9.78 Å². The van der Waals surface area contributed by atoms with Crippen LogP contribution in [0.4, 0.5) is 0 Å². The van der Waals surface area contributed by atoms with Crippen LogP contribution in [0, 0.1) is 0 Å². The van der Waals surface area contributed by atoms with Gasteiger partial charge in [0.05, 0.1) is 17.3 Å². The third-order valence-electron chi connectivity index (χ3n) is 2.46. The molecule has 0 spiro atoms. The maximum absolute atomic E-state index is 11.6. The van der Waals surface area contributed by atoms with E-state index in [1.165, 1.54) is 24.5 Å². The molecule has 1 heterocycles. The number of carbonyl (C=O) groups excluding carboxylic acids is 1. The first-order chi connectivity index (χ1) is 9.66. The first kappa shape index (κ1) is 13.4. The van der Waals surface area contributed by atoms with Crippen LogP contribution in [0.5, 0.6) is 0 Å². The number of aromatic carboxylic acids is 1. The van der Waals surface area contributed by atoms with E-state index in [1.807, 2.05) is 0 Å². The van der Waals surface area contributed by atoms with Crippen molar-refractivity contribution in [3.8, 4) is 0 Å². The van der Waals surface area contributed by atoms with Crippen LogP contribution in [0.25, 0.3) is 0 Å². The summed E-state index contributed by atoms with van der Waals surface area (Å²) >= 11 is 0. The molecule has 2 aromatic rings. The van der Waals surface area contributed by atoms with E-state index >= 15 is 0 Å². The molecule has 0 aliphatic carbocycles. The normalized spacial score (nSPS) is 10.4. The van der Waals surface area contributed by atoms with Crippen LogP contribution in [0.3, 0.4) is 0 Å². The van der Waals surface area contributed by atoms with Crippen molar-refractivity contribution in [2.24, 2.45) is 5.10 Å². The average molecular weight is 269 g/mol. The Kier molecular flexibility index (Phi) is 4.18. The average Bonchev–Trinajstić information content (AvgIpc) is 2.48. The molecule has 2 rings (SSSR count). The zero-order valence-corrected chi connectivity index (χ0v) is 10.4. The monoisotopic (exact) mass is 269 g/mol. The summed E-state index contributed by atoms with van der Waals surface area (Å²) in [5, 5.41) is 12.5. The molecule has 0 saturated heterocycles. The van der Waals surface area contributed by atoms with Crippen molar-refractivity contribution in [3.63, 3.8) is 0 Å². The number of amides is 1. The van der Waals surface area contributed by atoms with E-state index in [0.29, 0.717) is 11.1 Å². The van der Waals surface area contributed by atoms with Crippen molar-refractivity contribution in [2.75, 3.05) is 0 Å². The number of hydrogen-bond acceptors (Lipinski definition) is 4. The van der Waals surface area contributed by atoms with Crippen molar-refractivity contribution in [2.45, 2.75) is 0 Å². The molecule has 0 unspecified atom stereocenters. The molecule has 0 atom stereocenters. The number of pyridine rings is 1. The van der Waals surface area contributed by atoms with Gasteiger partial charge in [0.25, 0.3) is 5.91 Å². The number of aromatic nitrogens is 1. The minimum absolute atomic E-state index is 0.196. The second-order valence-corrected chi connectivity index (χ2v) is 3.87. The summed E-state index contributed by atoms with van der Waals surface area (Å²) in [5.74, 6) is -1.35. The Balaban J connectivity index is 1.96. The topological polar surface area (TPSA) is 91.6 Å². The van der Waals surface area contributed by atoms with Crippen molar-refractivity contribution in [3.05, 3.63) is 65.5 Å². The molecule has 0 aliphatic rings. The fourth-order valence-electron chi connectivity index (χ4n) is 1.44. The molecular weight excluding hydrogens is 258 g/mol. The van der Waals surface area contributed by atoms with Crippen LogP contribution < -0.4 is 5.43 Å². The van der Waals surface area contributed by atoms with Crippen LogP contribution >= 0.6 is 0 Å². The summed E-state index contributed by atoms with van der Waals surface area (Å²) in [6.45, 7) is 0. The van der Waals surface area contributed by atoms with Gasteiger partial charge in [-0.05, 0) is 29.8 Å². The molecule has 0 saturated carbocycles. The summed E-state index contributed by atoms with van der Waals surface area (Å²) in [7, 11) is 0. The van der Waals surface area contributed by atoms with Gasteiger partial charge >= 0.3 is 5.97 Å². The number of benzene rings is 1. The number of hydrogen-bond donors (Lipinski definition) is 2. The number of nitrogens with one attached hydrogen (secondary N) is 1. The third kappa shape index (κ3) is 3.49. The Labute approximate surface area is 114 Å². The lowest BCUT2D eigenvalue weighted by molar-refractivity contribution is 0.0696. The highest BCUT2D eigenvalue weighted by molar-refractivity contribution is 5.94. The Hall–Kier alpha value is -3.02. The number of carboxylic acids is 1. The number of hydrazone groups is 1.